The van der Waals surface area contributed by atoms with Crippen molar-refractivity contribution in [2.75, 3.05) is 46.2 Å². The number of halogens is 2. The van der Waals surface area contributed by atoms with Gasteiger partial charge >= 0.3 is 27.5 Å². The van der Waals surface area contributed by atoms with E-state index < -0.39 is 75.5 Å². The summed E-state index contributed by atoms with van der Waals surface area (Å²) in [5.74, 6) is -3.07. The predicted molar refractivity (Wildman–Crippen MR) is 187 cm³/mol. The number of rotatable bonds is 16. The van der Waals surface area contributed by atoms with Crippen LogP contribution in [0.4, 0.5) is 13.6 Å². The van der Waals surface area contributed by atoms with Crippen LogP contribution >= 0.6 is 0 Å². The zero-order valence-electron chi connectivity index (χ0n) is 32.4. The van der Waals surface area contributed by atoms with Gasteiger partial charge in [0.15, 0.2) is 18.4 Å². The van der Waals surface area contributed by atoms with Crippen molar-refractivity contribution in [1.82, 2.24) is 0 Å². The number of carbonyl (C=O) groups is 2. The van der Waals surface area contributed by atoms with E-state index in [2.05, 4.69) is 18.6 Å². The van der Waals surface area contributed by atoms with Gasteiger partial charge < -0.3 is 42.6 Å². The summed E-state index contributed by atoms with van der Waals surface area (Å²) in [4.78, 5) is 25.4. The van der Waals surface area contributed by atoms with Crippen LogP contribution in [-0.4, -0.2) is 107 Å². The van der Waals surface area contributed by atoms with Crippen LogP contribution in [0.1, 0.15) is 99.3 Å². The first-order valence-corrected chi connectivity index (χ1v) is 20.9. The summed E-state index contributed by atoms with van der Waals surface area (Å²) in [6.45, 7) is 13.5. The zero-order chi connectivity index (χ0) is 39.5. The molecule has 54 heavy (non-hydrogen) atoms. The van der Waals surface area contributed by atoms with Gasteiger partial charge in [-0.15, -0.1) is 0 Å². The van der Waals surface area contributed by atoms with E-state index in [9.17, 15) is 26.8 Å². The molecule has 312 valence electrons. The topological polar surface area (TPSA) is 172 Å². The lowest BCUT2D eigenvalue weighted by atomic mass is 9.62. The summed E-state index contributed by atoms with van der Waals surface area (Å²) in [7, 11) is -5.98. The van der Waals surface area contributed by atoms with Crippen LogP contribution in [0.5, 0.6) is 0 Å². The Bertz CT molecular complexity index is 1370. The largest absolute Gasteiger partial charge is 0.509 e. The van der Waals surface area contributed by atoms with Crippen LogP contribution in [0.15, 0.2) is 0 Å². The summed E-state index contributed by atoms with van der Waals surface area (Å²) in [6.07, 6.45) is 3.45. The molecule has 4 aliphatic carbocycles. The zero-order valence-corrected chi connectivity index (χ0v) is 33.2. The van der Waals surface area contributed by atoms with Gasteiger partial charge in [0.05, 0.1) is 38.4 Å². The van der Waals surface area contributed by atoms with Crippen LogP contribution in [0.2, 0.25) is 0 Å². The third-order valence-electron chi connectivity index (χ3n) is 12.0. The highest BCUT2D eigenvalue weighted by molar-refractivity contribution is 7.87. The molecule has 1 spiro atoms. The van der Waals surface area contributed by atoms with E-state index in [4.69, 9.17) is 42.4 Å². The molecule has 1 saturated heterocycles. The molecule has 17 heteroatoms. The molecule has 10 atom stereocenters. The van der Waals surface area contributed by atoms with Crippen molar-refractivity contribution in [1.29, 1.82) is 0 Å². The number of hydrogen-bond donors (Lipinski definition) is 1. The Hall–Kier alpha value is -1.73. The predicted octanol–water partition coefficient (Wildman–Crippen LogP) is 6.10. The fraction of sp³-hybridized carbons (Fsp3) is 0.946. The maximum Gasteiger partial charge on any atom is 0.509 e. The Labute approximate surface area is 317 Å². The van der Waals surface area contributed by atoms with Gasteiger partial charge in [0, 0.05) is 25.0 Å². The van der Waals surface area contributed by atoms with Gasteiger partial charge in [-0.3, -0.25) is 4.55 Å². The summed E-state index contributed by atoms with van der Waals surface area (Å²) in [5, 5.41) is -5.08. The van der Waals surface area contributed by atoms with Crippen LogP contribution in [0.25, 0.3) is 0 Å². The van der Waals surface area contributed by atoms with Gasteiger partial charge in [-0.2, -0.15) is 17.2 Å². The van der Waals surface area contributed by atoms with Crippen LogP contribution in [-0.2, 0) is 57.5 Å². The van der Waals surface area contributed by atoms with Gasteiger partial charge in [-0.25, -0.2) is 9.59 Å². The van der Waals surface area contributed by atoms with Crippen LogP contribution in [0, 0.1) is 40.9 Å². The van der Waals surface area contributed by atoms with Gasteiger partial charge in [0.2, 0.25) is 0 Å². The Kier molecular flexibility index (Phi) is 14.0. The minimum absolute atomic E-state index is 0.0470. The van der Waals surface area contributed by atoms with Gasteiger partial charge in [0.1, 0.15) is 11.7 Å². The summed E-state index contributed by atoms with van der Waals surface area (Å²) >= 11 is 0. The SMILES string of the molecule is CCOC(C)OCC1(COC(C)OCC)COC2(OC1)C(C)CC1CC(OC(=O)OC34CC(C)CC(CC(COC(=O)C(F)(F)S(=O)(=O)O)C3)C4)CC2C1. The van der Waals surface area contributed by atoms with E-state index in [0.717, 1.165) is 19.3 Å². The van der Waals surface area contributed by atoms with E-state index in [1.165, 1.54) is 0 Å². The molecule has 0 amide bonds. The molecule has 0 aromatic carbocycles. The number of hydrogen-bond acceptors (Lipinski definition) is 13. The molecule has 0 radical (unpaired) electrons. The summed E-state index contributed by atoms with van der Waals surface area (Å²) in [6, 6.07) is 0. The third-order valence-corrected chi connectivity index (χ3v) is 12.8. The second-order valence-corrected chi connectivity index (χ2v) is 18.1. The Balaban J connectivity index is 1.21. The molecule has 10 unspecified atom stereocenters. The van der Waals surface area contributed by atoms with E-state index in [0.29, 0.717) is 77.7 Å². The first-order chi connectivity index (χ1) is 25.3. The molecule has 1 aliphatic heterocycles. The highest BCUT2D eigenvalue weighted by Gasteiger charge is 2.59. The van der Waals surface area contributed by atoms with Crippen molar-refractivity contribution < 1.29 is 74.0 Å². The monoisotopic (exact) mass is 798 g/mol. The molecule has 4 bridgehead atoms. The molecule has 1 heterocycles. The van der Waals surface area contributed by atoms with Crippen molar-refractivity contribution in [3.05, 3.63) is 0 Å². The maximum atomic E-state index is 13.8. The average molecular weight is 799 g/mol. The third kappa shape index (κ3) is 10.0. The minimum Gasteiger partial charge on any atom is -0.460 e. The normalized spacial score (nSPS) is 38.0. The summed E-state index contributed by atoms with van der Waals surface area (Å²) in [5.41, 5.74) is -1.56. The van der Waals surface area contributed by atoms with Crippen molar-refractivity contribution in [3.8, 4) is 0 Å². The number of alkyl halides is 2. The lowest BCUT2D eigenvalue weighted by Crippen LogP contribution is -2.63. The van der Waals surface area contributed by atoms with Gasteiger partial charge in [-0.1, -0.05) is 13.8 Å². The van der Waals surface area contributed by atoms with Crippen molar-refractivity contribution >= 4 is 22.2 Å². The molecular weight excluding hydrogens is 738 g/mol. The van der Waals surface area contributed by atoms with E-state index >= 15 is 0 Å². The van der Waals surface area contributed by atoms with Crippen molar-refractivity contribution in [2.24, 2.45) is 40.9 Å². The quantitative estimate of drug-likeness (QED) is 0.108. The first kappa shape index (κ1) is 43.4. The molecule has 14 nitrogen and oxygen atoms in total. The summed E-state index contributed by atoms with van der Waals surface area (Å²) < 4.78 is 112. The Morgan fingerprint density at radius 2 is 1.48 bits per heavy atom. The smallest absolute Gasteiger partial charge is 0.460 e. The lowest BCUT2D eigenvalue weighted by molar-refractivity contribution is -0.376. The fourth-order valence-electron chi connectivity index (χ4n) is 9.94. The molecule has 0 aromatic heterocycles. The van der Waals surface area contributed by atoms with Gasteiger partial charge in [0.25, 0.3) is 0 Å². The second kappa shape index (κ2) is 17.4. The Morgan fingerprint density at radius 3 is 2.07 bits per heavy atom. The average Bonchev–Trinajstić information content (AvgIpc) is 3.07. The molecule has 0 aromatic rings. The van der Waals surface area contributed by atoms with Gasteiger partial charge in [-0.05, 0) is 109 Å². The molecule has 5 rings (SSSR count). The second-order valence-electron chi connectivity index (χ2n) is 16.7. The van der Waals surface area contributed by atoms with E-state index in [1.54, 1.807) is 0 Å². The fourth-order valence-corrected chi connectivity index (χ4v) is 10.2. The Morgan fingerprint density at radius 1 is 0.852 bits per heavy atom. The molecule has 5 aliphatic rings. The first-order valence-electron chi connectivity index (χ1n) is 19.5. The molecule has 1 N–H and O–H groups in total. The number of esters is 1. The van der Waals surface area contributed by atoms with Crippen molar-refractivity contribution in [2.45, 2.75) is 135 Å². The van der Waals surface area contributed by atoms with Crippen molar-refractivity contribution in [3.63, 3.8) is 0 Å². The highest BCUT2D eigenvalue weighted by atomic mass is 32.2. The number of carbonyl (C=O) groups excluding carboxylic acids is 2. The highest BCUT2D eigenvalue weighted by Crippen LogP contribution is 2.54. The standard InChI is InChI=1S/C37H60F2O14S/c1-7-45-25(5)48-19-34(20-49-26(6)46-8-2)21-50-36(51-22-34)24(4)10-27-12-30(36)14-31(13-27)52-33(41)53-35-15-23(3)9-28(16-35)11-29(17-35)18-47-32(40)37(38,39)54(42,43)44/h23-31H,7-22H2,1-6H3,(H,42,43,44). The minimum atomic E-state index is -5.98. The number of ether oxygens (including phenoxy) is 9. The van der Waals surface area contributed by atoms with E-state index in [1.807, 2.05) is 27.7 Å². The maximum absolute atomic E-state index is 13.8. The molecule has 4 saturated carbocycles. The lowest BCUT2D eigenvalue weighted by Gasteiger charge is -2.57. The molecular formula is C37H60F2O14S. The van der Waals surface area contributed by atoms with Crippen LogP contribution < -0.4 is 0 Å². The number of fused-ring (bicyclic) bond motifs is 5. The van der Waals surface area contributed by atoms with E-state index in [-0.39, 0.29) is 30.1 Å². The van der Waals surface area contributed by atoms with Crippen LogP contribution in [0.3, 0.4) is 0 Å². The molecule has 5 fully saturated rings.